The van der Waals surface area contributed by atoms with E-state index >= 15 is 0 Å². The SMILES string of the molecule is COC(=O)c1ncsc1-c1ccccc1C(F)(F)F. The molecule has 0 saturated carbocycles. The maximum Gasteiger partial charge on any atom is 0.417 e. The summed E-state index contributed by atoms with van der Waals surface area (Å²) >= 11 is 0.965. The second-order valence-electron chi connectivity index (χ2n) is 3.57. The largest absolute Gasteiger partial charge is 0.464 e. The van der Waals surface area contributed by atoms with Crippen LogP contribution in [0.1, 0.15) is 16.1 Å². The number of hydrogen-bond donors (Lipinski definition) is 0. The van der Waals surface area contributed by atoms with Gasteiger partial charge >= 0.3 is 12.1 Å². The third kappa shape index (κ3) is 2.60. The molecule has 0 saturated heterocycles. The van der Waals surface area contributed by atoms with E-state index in [1.165, 1.54) is 23.7 Å². The number of thiazole rings is 1. The van der Waals surface area contributed by atoms with Crippen LogP contribution in [0.2, 0.25) is 0 Å². The Kier molecular flexibility index (Phi) is 3.57. The van der Waals surface area contributed by atoms with Crippen LogP contribution in [0.4, 0.5) is 13.2 Å². The smallest absolute Gasteiger partial charge is 0.417 e. The average molecular weight is 287 g/mol. The zero-order valence-corrected chi connectivity index (χ0v) is 10.5. The summed E-state index contributed by atoms with van der Waals surface area (Å²) in [5.41, 5.74) is 0.334. The molecule has 1 aromatic carbocycles. The van der Waals surface area contributed by atoms with Gasteiger partial charge in [-0.05, 0) is 6.07 Å². The molecule has 1 heterocycles. The van der Waals surface area contributed by atoms with E-state index in [1.807, 2.05) is 0 Å². The number of carbonyl (C=O) groups excluding carboxylic acids is 1. The van der Waals surface area contributed by atoms with Gasteiger partial charge < -0.3 is 4.74 Å². The number of benzene rings is 1. The summed E-state index contributed by atoms with van der Waals surface area (Å²) in [5.74, 6) is -0.756. The van der Waals surface area contributed by atoms with Gasteiger partial charge in [0.25, 0.3) is 0 Å². The molecule has 0 unspecified atom stereocenters. The summed E-state index contributed by atoms with van der Waals surface area (Å²) in [6.07, 6.45) is -4.49. The first-order valence-corrected chi connectivity index (χ1v) is 6.01. The first-order valence-electron chi connectivity index (χ1n) is 5.13. The van der Waals surface area contributed by atoms with Crippen molar-refractivity contribution in [3.63, 3.8) is 0 Å². The Hall–Kier alpha value is -1.89. The molecule has 0 aliphatic rings. The highest BCUT2D eigenvalue weighted by molar-refractivity contribution is 7.13. The molecular weight excluding hydrogens is 279 g/mol. The van der Waals surface area contributed by atoms with Crippen molar-refractivity contribution in [2.24, 2.45) is 0 Å². The van der Waals surface area contributed by atoms with Crippen LogP contribution in [0.15, 0.2) is 29.8 Å². The standard InChI is InChI=1S/C12H8F3NO2S/c1-18-11(17)9-10(19-6-16-9)7-4-2-3-5-8(7)12(13,14)15/h2-6H,1H3. The van der Waals surface area contributed by atoms with E-state index in [-0.39, 0.29) is 16.1 Å². The van der Waals surface area contributed by atoms with Crippen molar-refractivity contribution in [3.8, 4) is 10.4 Å². The maximum absolute atomic E-state index is 12.9. The van der Waals surface area contributed by atoms with E-state index in [0.29, 0.717) is 0 Å². The van der Waals surface area contributed by atoms with Gasteiger partial charge in [0.05, 0.1) is 23.1 Å². The fourth-order valence-electron chi connectivity index (χ4n) is 1.61. The topological polar surface area (TPSA) is 39.2 Å². The molecule has 0 N–H and O–H groups in total. The summed E-state index contributed by atoms with van der Waals surface area (Å²) in [4.78, 5) is 15.4. The molecule has 3 nitrogen and oxygen atoms in total. The van der Waals surface area contributed by atoms with Gasteiger partial charge in [0.2, 0.25) is 0 Å². The third-order valence-corrected chi connectivity index (χ3v) is 3.28. The van der Waals surface area contributed by atoms with E-state index in [2.05, 4.69) is 9.72 Å². The van der Waals surface area contributed by atoms with Crippen molar-refractivity contribution < 1.29 is 22.7 Å². The molecule has 1 aromatic heterocycles. The summed E-state index contributed by atoms with van der Waals surface area (Å²) in [7, 11) is 1.15. The molecule has 0 atom stereocenters. The number of methoxy groups -OCH3 is 1. The Bertz CT molecular complexity index is 607. The molecule has 0 spiro atoms. The van der Waals surface area contributed by atoms with Gasteiger partial charge in [0.15, 0.2) is 5.69 Å². The predicted molar refractivity (Wildman–Crippen MR) is 63.9 cm³/mol. The number of carbonyl (C=O) groups is 1. The first-order chi connectivity index (χ1) is 8.95. The number of rotatable bonds is 2. The Morgan fingerprint density at radius 2 is 2.00 bits per heavy atom. The number of ether oxygens (including phenoxy) is 1. The molecule has 19 heavy (non-hydrogen) atoms. The lowest BCUT2D eigenvalue weighted by Crippen LogP contribution is -2.08. The van der Waals surface area contributed by atoms with Crippen molar-refractivity contribution in [1.29, 1.82) is 0 Å². The number of alkyl halides is 3. The monoisotopic (exact) mass is 287 g/mol. The van der Waals surface area contributed by atoms with Crippen LogP contribution in [0, 0.1) is 0 Å². The Morgan fingerprint density at radius 1 is 1.32 bits per heavy atom. The minimum atomic E-state index is -4.49. The highest BCUT2D eigenvalue weighted by atomic mass is 32.1. The molecule has 2 aromatic rings. The van der Waals surface area contributed by atoms with Crippen LogP contribution < -0.4 is 0 Å². The molecule has 0 aliphatic heterocycles. The Morgan fingerprint density at radius 3 is 2.63 bits per heavy atom. The lowest BCUT2D eigenvalue weighted by Gasteiger charge is -2.11. The quantitative estimate of drug-likeness (QED) is 0.792. The summed E-state index contributed by atoms with van der Waals surface area (Å²) in [5, 5.41) is 0. The zero-order chi connectivity index (χ0) is 14.0. The van der Waals surface area contributed by atoms with Gasteiger partial charge in [-0.25, -0.2) is 9.78 Å². The van der Waals surface area contributed by atoms with Crippen molar-refractivity contribution in [1.82, 2.24) is 4.98 Å². The maximum atomic E-state index is 12.9. The third-order valence-electron chi connectivity index (χ3n) is 2.42. The van der Waals surface area contributed by atoms with Gasteiger partial charge in [-0.15, -0.1) is 11.3 Å². The van der Waals surface area contributed by atoms with Gasteiger partial charge in [0.1, 0.15) is 0 Å². The molecular formula is C12H8F3NO2S. The number of esters is 1. The molecule has 2 rings (SSSR count). The molecule has 0 amide bonds. The van der Waals surface area contributed by atoms with Crippen molar-refractivity contribution in [2.45, 2.75) is 6.18 Å². The Balaban J connectivity index is 2.61. The van der Waals surface area contributed by atoms with E-state index in [4.69, 9.17) is 0 Å². The second kappa shape index (κ2) is 5.00. The van der Waals surface area contributed by atoms with E-state index in [0.717, 1.165) is 24.5 Å². The molecule has 0 bridgehead atoms. The van der Waals surface area contributed by atoms with Crippen molar-refractivity contribution in [3.05, 3.63) is 41.0 Å². The summed E-state index contributed by atoms with van der Waals surface area (Å²) < 4.78 is 43.3. The summed E-state index contributed by atoms with van der Waals surface area (Å²) in [6.45, 7) is 0. The van der Waals surface area contributed by atoms with Crippen LogP contribution in [0.3, 0.4) is 0 Å². The average Bonchev–Trinajstić information content (AvgIpc) is 2.86. The van der Waals surface area contributed by atoms with Crippen LogP contribution in [-0.2, 0) is 10.9 Å². The van der Waals surface area contributed by atoms with Crippen LogP contribution in [0.25, 0.3) is 10.4 Å². The van der Waals surface area contributed by atoms with Gasteiger partial charge in [-0.3, -0.25) is 0 Å². The zero-order valence-electron chi connectivity index (χ0n) is 9.69. The van der Waals surface area contributed by atoms with Crippen molar-refractivity contribution >= 4 is 17.3 Å². The molecule has 100 valence electrons. The predicted octanol–water partition coefficient (Wildman–Crippen LogP) is 3.62. The van der Waals surface area contributed by atoms with Gasteiger partial charge in [0, 0.05) is 5.56 Å². The number of nitrogens with zero attached hydrogens (tertiary/aromatic N) is 1. The molecule has 0 aliphatic carbocycles. The fourth-order valence-corrected chi connectivity index (χ4v) is 2.42. The second-order valence-corrected chi connectivity index (χ2v) is 4.42. The molecule has 7 heteroatoms. The van der Waals surface area contributed by atoms with Crippen LogP contribution in [0.5, 0.6) is 0 Å². The molecule has 0 radical (unpaired) electrons. The van der Waals surface area contributed by atoms with E-state index in [1.54, 1.807) is 0 Å². The highest BCUT2D eigenvalue weighted by Gasteiger charge is 2.34. The number of aromatic nitrogens is 1. The normalized spacial score (nSPS) is 11.4. The lowest BCUT2D eigenvalue weighted by atomic mass is 10.0. The van der Waals surface area contributed by atoms with Gasteiger partial charge in [-0.2, -0.15) is 13.2 Å². The first kappa shape index (κ1) is 13.5. The lowest BCUT2D eigenvalue weighted by molar-refractivity contribution is -0.137. The van der Waals surface area contributed by atoms with Gasteiger partial charge in [-0.1, -0.05) is 18.2 Å². The molecule has 0 fully saturated rings. The minimum Gasteiger partial charge on any atom is -0.464 e. The number of hydrogen-bond acceptors (Lipinski definition) is 4. The fraction of sp³-hybridized carbons (Fsp3) is 0.167. The van der Waals surface area contributed by atoms with E-state index < -0.39 is 17.7 Å². The van der Waals surface area contributed by atoms with Crippen LogP contribution >= 0.6 is 11.3 Å². The van der Waals surface area contributed by atoms with E-state index in [9.17, 15) is 18.0 Å². The highest BCUT2D eigenvalue weighted by Crippen LogP contribution is 2.39. The number of halogens is 3. The summed E-state index contributed by atoms with van der Waals surface area (Å²) in [6, 6.07) is 5.05. The van der Waals surface area contributed by atoms with Crippen LogP contribution in [-0.4, -0.2) is 18.1 Å². The minimum absolute atomic E-state index is 0.0714. The Labute approximate surface area is 110 Å². The van der Waals surface area contributed by atoms with Crippen molar-refractivity contribution in [2.75, 3.05) is 7.11 Å².